The van der Waals surface area contributed by atoms with Crippen molar-refractivity contribution in [3.05, 3.63) is 125 Å². The summed E-state index contributed by atoms with van der Waals surface area (Å²) in [6.07, 6.45) is 0. The number of para-hydroxylation sites is 1. The molecule has 0 spiro atoms. The zero-order valence-corrected chi connectivity index (χ0v) is 29.8. The average Bonchev–Trinajstić information content (AvgIpc) is 3.42. The lowest BCUT2D eigenvalue weighted by atomic mass is 9.33. The van der Waals surface area contributed by atoms with Gasteiger partial charge in [0.1, 0.15) is 5.58 Å². The first-order valence-electron chi connectivity index (χ1n) is 17.4. The van der Waals surface area contributed by atoms with Crippen LogP contribution in [0.25, 0.3) is 11.0 Å². The predicted octanol–water partition coefficient (Wildman–Crippen LogP) is 10.5. The Bertz CT molecular complexity index is 2190. The SMILES string of the molecule is Cc1cc2c3c(c1)N(c1ccc(C(C)(C)C)cc1)c1oc4ccccc4c1B3c1ccc(C(C)(C)C)cc1N2c1ccc(C(C)C)cc1. The predicted molar refractivity (Wildman–Crippen MR) is 206 cm³/mol. The van der Waals surface area contributed by atoms with E-state index in [4.69, 9.17) is 4.42 Å². The van der Waals surface area contributed by atoms with Gasteiger partial charge >= 0.3 is 0 Å². The summed E-state index contributed by atoms with van der Waals surface area (Å²) in [5.74, 6) is 1.39. The second-order valence-electron chi connectivity index (χ2n) is 16.2. The topological polar surface area (TPSA) is 19.6 Å². The smallest absolute Gasteiger partial charge is 0.257 e. The van der Waals surface area contributed by atoms with Crippen molar-refractivity contribution in [2.24, 2.45) is 0 Å². The maximum atomic E-state index is 6.90. The van der Waals surface area contributed by atoms with Crippen LogP contribution in [0.3, 0.4) is 0 Å². The molecule has 0 atom stereocenters. The molecule has 1 aromatic heterocycles. The Morgan fingerprint density at radius 2 is 1.19 bits per heavy atom. The Morgan fingerprint density at radius 1 is 0.604 bits per heavy atom. The van der Waals surface area contributed by atoms with Gasteiger partial charge in [-0.25, -0.2) is 0 Å². The van der Waals surface area contributed by atoms with Crippen LogP contribution in [0.5, 0.6) is 0 Å². The van der Waals surface area contributed by atoms with Crippen molar-refractivity contribution in [1.82, 2.24) is 0 Å². The number of nitrogens with zero attached hydrogens (tertiary/aromatic N) is 2. The van der Waals surface area contributed by atoms with E-state index in [0.29, 0.717) is 5.92 Å². The zero-order valence-electron chi connectivity index (χ0n) is 29.8. The second kappa shape index (κ2) is 10.7. The molecule has 2 aliphatic heterocycles. The quantitative estimate of drug-likeness (QED) is 0.182. The minimum atomic E-state index is 0.0102. The Labute approximate surface area is 286 Å². The summed E-state index contributed by atoms with van der Waals surface area (Å²) in [7, 11) is 0. The maximum Gasteiger partial charge on any atom is 0.257 e. The first kappa shape index (κ1) is 30.6. The Kier molecular flexibility index (Phi) is 6.80. The molecule has 3 heterocycles. The fourth-order valence-electron chi connectivity index (χ4n) is 7.72. The summed E-state index contributed by atoms with van der Waals surface area (Å²) in [6.45, 7) is 20.5. The fourth-order valence-corrected chi connectivity index (χ4v) is 7.72. The summed E-state index contributed by atoms with van der Waals surface area (Å²) in [5, 5.41) is 1.17. The van der Waals surface area contributed by atoms with Gasteiger partial charge in [-0.2, -0.15) is 0 Å². The van der Waals surface area contributed by atoms with E-state index in [1.165, 1.54) is 66.8 Å². The van der Waals surface area contributed by atoms with Gasteiger partial charge in [-0.05, 0) is 105 Å². The first-order valence-corrected chi connectivity index (χ1v) is 17.4. The standard InChI is InChI=1S/C44H45BN2O/c1-27(2)29-14-19-32(20-15-29)46-36-26-31(44(7,8)9)18-23-35(36)45-40-34-12-10-11-13-39(34)48-42(40)47(38-25-28(3)24-37(46)41(38)45)33-21-16-30(17-22-33)43(4,5)6/h10-27H,1-9H3. The molecule has 0 amide bonds. The van der Waals surface area contributed by atoms with Crippen LogP contribution >= 0.6 is 0 Å². The van der Waals surface area contributed by atoms with E-state index in [1.807, 2.05) is 0 Å². The molecular formula is C44H45BN2O. The third-order valence-corrected chi connectivity index (χ3v) is 10.4. The number of fused-ring (bicyclic) bond motifs is 6. The molecule has 0 saturated carbocycles. The largest absolute Gasteiger partial charge is 0.440 e. The molecule has 48 heavy (non-hydrogen) atoms. The lowest BCUT2D eigenvalue weighted by molar-refractivity contribution is 0.590. The molecule has 0 N–H and O–H groups in total. The minimum Gasteiger partial charge on any atom is -0.440 e. The third-order valence-electron chi connectivity index (χ3n) is 10.4. The second-order valence-corrected chi connectivity index (χ2v) is 16.2. The van der Waals surface area contributed by atoms with E-state index < -0.39 is 0 Å². The van der Waals surface area contributed by atoms with Crippen molar-refractivity contribution < 1.29 is 4.42 Å². The van der Waals surface area contributed by atoms with Crippen LogP contribution in [0, 0.1) is 6.92 Å². The summed E-state index contributed by atoms with van der Waals surface area (Å²) in [5.41, 5.74) is 16.0. The van der Waals surface area contributed by atoms with Crippen molar-refractivity contribution in [1.29, 1.82) is 0 Å². The van der Waals surface area contributed by atoms with E-state index >= 15 is 0 Å². The normalized spacial score (nSPS) is 14.0. The number of furan rings is 1. The summed E-state index contributed by atoms with van der Waals surface area (Å²) in [6, 6.07) is 38.8. The van der Waals surface area contributed by atoms with Crippen LogP contribution in [-0.2, 0) is 10.8 Å². The number of hydrogen-bond acceptors (Lipinski definition) is 3. The van der Waals surface area contributed by atoms with Gasteiger partial charge in [0.15, 0.2) is 0 Å². The molecule has 0 unspecified atom stereocenters. The molecule has 0 radical (unpaired) electrons. The van der Waals surface area contributed by atoms with Crippen molar-refractivity contribution in [3.8, 4) is 0 Å². The summed E-state index contributed by atoms with van der Waals surface area (Å²) < 4.78 is 6.90. The van der Waals surface area contributed by atoms with Crippen molar-refractivity contribution >= 4 is 68.4 Å². The van der Waals surface area contributed by atoms with Gasteiger partial charge in [-0.1, -0.05) is 110 Å². The van der Waals surface area contributed by atoms with Gasteiger partial charge < -0.3 is 9.32 Å². The molecule has 3 nitrogen and oxygen atoms in total. The highest BCUT2D eigenvalue weighted by atomic mass is 16.4. The number of aryl methyl sites for hydroxylation is 1. The summed E-state index contributed by atoms with van der Waals surface area (Å²) >= 11 is 0. The van der Waals surface area contributed by atoms with Crippen LogP contribution in [0.2, 0.25) is 0 Å². The van der Waals surface area contributed by atoms with Crippen LogP contribution < -0.4 is 26.2 Å². The first-order chi connectivity index (χ1) is 22.8. The molecule has 4 heteroatoms. The number of benzene rings is 5. The van der Waals surface area contributed by atoms with Crippen molar-refractivity contribution in [3.63, 3.8) is 0 Å². The van der Waals surface area contributed by atoms with E-state index in [-0.39, 0.29) is 17.5 Å². The molecule has 240 valence electrons. The van der Waals surface area contributed by atoms with Crippen LogP contribution in [0.1, 0.15) is 83.6 Å². The van der Waals surface area contributed by atoms with Crippen LogP contribution in [0.15, 0.2) is 108 Å². The fraction of sp³-hybridized carbons (Fsp3) is 0.273. The Balaban J connectivity index is 1.46. The van der Waals surface area contributed by atoms with Gasteiger partial charge in [0.05, 0.1) is 0 Å². The highest BCUT2D eigenvalue weighted by Gasteiger charge is 2.46. The van der Waals surface area contributed by atoms with Crippen LogP contribution in [-0.4, -0.2) is 6.71 Å². The van der Waals surface area contributed by atoms with E-state index in [1.54, 1.807) is 0 Å². The van der Waals surface area contributed by atoms with Gasteiger partial charge in [-0.15, -0.1) is 0 Å². The van der Waals surface area contributed by atoms with Gasteiger partial charge in [0, 0.05) is 39.3 Å². The van der Waals surface area contributed by atoms with Crippen molar-refractivity contribution in [2.75, 3.05) is 9.80 Å². The lowest BCUT2D eigenvalue weighted by Gasteiger charge is -2.43. The molecule has 2 aliphatic rings. The van der Waals surface area contributed by atoms with E-state index in [9.17, 15) is 0 Å². The maximum absolute atomic E-state index is 6.90. The molecule has 0 aliphatic carbocycles. The third kappa shape index (κ3) is 4.71. The Morgan fingerprint density at radius 3 is 1.83 bits per heavy atom. The number of rotatable bonds is 3. The molecule has 8 rings (SSSR count). The average molecular weight is 629 g/mol. The van der Waals surface area contributed by atoms with Crippen LogP contribution in [0.4, 0.5) is 34.3 Å². The summed E-state index contributed by atoms with van der Waals surface area (Å²) in [4.78, 5) is 4.89. The zero-order chi connectivity index (χ0) is 33.7. The molecular weight excluding hydrogens is 583 g/mol. The minimum absolute atomic E-state index is 0.0102. The lowest BCUT2D eigenvalue weighted by Crippen LogP contribution is -2.61. The van der Waals surface area contributed by atoms with Gasteiger partial charge in [0.2, 0.25) is 5.88 Å². The molecule has 5 aromatic carbocycles. The van der Waals surface area contributed by atoms with Gasteiger partial charge in [0.25, 0.3) is 6.71 Å². The number of anilines is 6. The molecule has 0 fully saturated rings. The molecule has 0 bridgehead atoms. The number of hydrogen-bond donors (Lipinski definition) is 0. The highest BCUT2D eigenvalue weighted by Crippen LogP contribution is 2.47. The van der Waals surface area contributed by atoms with Crippen molar-refractivity contribution in [2.45, 2.75) is 79.1 Å². The van der Waals surface area contributed by atoms with Gasteiger partial charge in [-0.3, -0.25) is 4.90 Å². The monoisotopic (exact) mass is 628 g/mol. The van der Waals surface area contributed by atoms with E-state index in [2.05, 4.69) is 175 Å². The van der Waals surface area contributed by atoms with E-state index in [0.717, 1.165) is 17.2 Å². The molecule has 6 aromatic rings. The molecule has 0 saturated heterocycles. The Hall–Kier alpha value is -4.70. The highest BCUT2D eigenvalue weighted by molar-refractivity contribution is 7.01.